The van der Waals surface area contributed by atoms with Gasteiger partial charge in [-0.3, -0.25) is 0 Å². The summed E-state index contributed by atoms with van der Waals surface area (Å²) in [6.07, 6.45) is 2.68. The van der Waals surface area contributed by atoms with Gasteiger partial charge < -0.3 is 5.32 Å². The molecular formula is C16H20N2S. The number of fused-ring (bicyclic) bond motifs is 1. The van der Waals surface area contributed by atoms with Crippen molar-refractivity contribution in [1.82, 2.24) is 4.98 Å². The van der Waals surface area contributed by atoms with Gasteiger partial charge in [0.15, 0.2) is 0 Å². The molecule has 2 heterocycles. The van der Waals surface area contributed by atoms with Crippen molar-refractivity contribution < 1.29 is 0 Å². The molecule has 0 atom stereocenters. The first-order chi connectivity index (χ1) is 9.33. The van der Waals surface area contributed by atoms with E-state index in [1.165, 1.54) is 35.3 Å². The lowest BCUT2D eigenvalue weighted by Gasteiger charge is -2.22. The molecule has 0 unspecified atom stereocenters. The Bertz CT molecular complexity index is 562. The smallest absolute Gasteiger partial charge is 0.129 e. The summed E-state index contributed by atoms with van der Waals surface area (Å²) in [4.78, 5) is 4.74. The monoisotopic (exact) mass is 272 g/mol. The van der Waals surface area contributed by atoms with Crippen LogP contribution in [-0.4, -0.2) is 23.0 Å². The second-order valence-electron chi connectivity index (χ2n) is 5.28. The summed E-state index contributed by atoms with van der Waals surface area (Å²) < 4.78 is 0. The highest BCUT2D eigenvalue weighted by molar-refractivity contribution is 7.99. The standard InChI is InChI=1S/C16H20N2S/c1-12-10-14-4-2-3-5-15(14)18-16(12)17-11-13-6-8-19-9-7-13/h2-5,10,13H,6-9,11H2,1H3,(H,17,18). The van der Waals surface area contributed by atoms with Crippen molar-refractivity contribution in [1.29, 1.82) is 0 Å². The highest BCUT2D eigenvalue weighted by atomic mass is 32.2. The van der Waals surface area contributed by atoms with Crippen molar-refractivity contribution in [3.63, 3.8) is 0 Å². The first kappa shape index (κ1) is 12.8. The Morgan fingerprint density at radius 3 is 2.89 bits per heavy atom. The van der Waals surface area contributed by atoms with Crippen molar-refractivity contribution in [2.45, 2.75) is 19.8 Å². The number of hydrogen-bond acceptors (Lipinski definition) is 3. The molecule has 0 amide bonds. The third-order valence-electron chi connectivity index (χ3n) is 3.81. The maximum absolute atomic E-state index is 4.74. The molecule has 1 aromatic carbocycles. The van der Waals surface area contributed by atoms with Gasteiger partial charge in [-0.1, -0.05) is 18.2 Å². The van der Waals surface area contributed by atoms with Crippen LogP contribution in [0, 0.1) is 12.8 Å². The molecule has 1 aliphatic heterocycles. The number of hydrogen-bond donors (Lipinski definition) is 1. The molecule has 0 aliphatic carbocycles. The van der Waals surface area contributed by atoms with Crippen LogP contribution in [0.5, 0.6) is 0 Å². The van der Waals surface area contributed by atoms with E-state index in [0.717, 1.165) is 23.8 Å². The fourth-order valence-electron chi connectivity index (χ4n) is 2.59. The van der Waals surface area contributed by atoms with Gasteiger partial charge in [0.25, 0.3) is 0 Å². The fraction of sp³-hybridized carbons (Fsp3) is 0.438. The number of anilines is 1. The van der Waals surface area contributed by atoms with Crippen molar-refractivity contribution in [2.75, 3.05) is 23.4 Å². The Hall–Kier alpha value is -1.22. The first-order valence-electron chi connectivity index (χ1n) is 7.01. The average Bonchev–Trinajstić information content (AvgIpc) is 2.46. The van der Waals surface area contributed by atoms with Gasteiger partial charge in [0.1, 0.15) is 5.82 Å². The Morgan fingerprint density at radius 2 is 2.05 bits per heavy atom. The first-order valence-corrected chi connectivity index (χ1v) is 8.16. The molecule has 100 valence electrons. The Morgan fingerprint density at radius 1 is 1.26 bits per heavy atom. The summed E-state index contributed by atoms with van der Waals surface area (Å²) in [6, 6.07) is 10.5. The van der Waals surface area contributed by atoms with Crippen molar-refractivity contribution in [2.24, 2.45) is 5.92 Å². The van der Waals surface area contributed by atoms with Crippen LogP contribution in [0.25, 0.3) is 10.9 Å². The van der Waals surface area contributed by atoms with E-state index in [-0.39, 0.29) is 0 Å². The predicted molar refractivity (Wildman–Crippen MR) is 85.0 cm³/mol. The molecular weight excluding hydrogens is 252 g/mol. The zero-order chi connectivity index (χ0) is 13.1. The molecule has 1 N–H and O–H groups in total. The van der Waals surface area contributed by atoms with Gasteiger partial charge in [-0.05, 0) is 54.9 Å². The Labute approximate surface area is 119 Å². The van der Waals surface area contributed by atoms with E-state index in [1.807, 2.05) is 6.07 Å². The summed E-state index contributed by atoms with van der Waals surface area (Å²) in [5.41, 5.74) is 2.32. The van der Waals surface area contributed by atoms with Crippen LogP contribution < -0.4 is 5.32 Å². The van der Waals surface area contributed by atoms with Crippen molar-refractivity contribution in [3.8, 4) is 0 Å². The van der Waals surface area contributed by atoms with Crippen LogP contribution in [0.15, 0.2) is 30.3 Å². The fourth-order valence-corrected chi connectivity index (χ4v) is 3.80. The number of rotatable bonds is 3. The number of aryl methyl sites for hydroxylation is 1. The van der Waals surface area contributed by atoms with E-state index in [1.54, 1.807) is 0 Å². The summed E-state index contributed by atoms with van der Waals surface area (Å²) >= 11 is 2.08. The molecule has 1 fully saturated rings. The van der Waals surface area contributed by atoms with Gasteiger partial charge in [-0.2, -0.15) is 11.8 Å². The average molecular weight is 272 g/mol. The molecule has 0 bridgehead atoms. The van der Waals surface area contributed by atoms with Crippen LogP contribution in [0.3, 0.4) is 0 Å². The molecule has 2 nitrogen and oxygen atoms in total. The van der Waals surface area contributed by atoms with Crippen LogP contribution in [0.1, 0.15) is 18.4 Å². The van der Waals surface area contributed by atoms with E-state index < -0.39 is 0 Å². The molecule has 3 rings (SSSR count). The molecule has 1 saturated heterocycles. The quantitative estimate of drug-likeness (QED) is 0.910. The van der Waals surface area contributed by atoms with Crippen LogP contribution >= 0.6 is 11.8 Å². The lowest BCUT2D eigenvalue weighted by Crippen LogP contribution is -2.20. The van der Waals surface area contributed by atoms with E-state index in [0.29, 0.717) is 0 Å². The molecule has 1 aliphatic rings. The minimum atomic E-state index is 0.814. The lowest BCUT2D eigenvalue weighted by molar-refractivity contribution is 0.515. The maximum atomic E-state index is 4.74. The lowest BCUT2D eigenvalue weighted by atomic mass is 10.0. The van der Waals surface area contributed by atoms with Crippen molar-refractivity contribution >= 4 is 28.5 Å². The van der Waals surface area contributed by atoms with Gasteiger partial charge in [-0.15, -0.1) is 0 Å². The van der Waals surface area contributed by atoms with Crippen LogP contribution in [0.2, 0.25) is 0 Å². The zero-order valence-corrected chi connectivity index (χ0v) is 12.2. The van der Waals surface area contributed by atoms with Gasteiger partial charge in [-0.25, -0.2) is 4.98 Å². The Balaban J connectivity index is 1.74. The van der Waals surface area contributed by atoms with Crippen LogP contribution in [-0.2, 0) is 0 Å². The molecule has 0 radical (unpaired) electrons. The normalized spacial score (nSPS) is 16.7. The SMILES string of the molecule is Cc1cc2ccccc2nc1NCC1CCSCC1. The largest absolute Gasteiger partial charge is 0.370 e. The summed E-state index contributed by atoms with van der Waals surface area (Å²) in [5.74, 6) is 4.50. The summed E-state index contributed by atoms with van der Waals surface area (Å²) in [7, 11) is 0. The Kier molecular flexibility index (Phi) is 3.92. The molecule has 0 saturated carbocycles. The van der Waals surface area contributed by atoms with Gasteiger partial charge in [0.05, 0.1) is 5.52 Å². The second kappa shape index (κ2) is 5.83. The van der Waals surface area contributed by atoms with E-state index in [4.69, 9.17) is 4.98 Å². The highest BCUT2D eigenvalue weighted by Crippen LogP contribution is 2.24. The third-order valence-corrected chi connectivity index (χ3v) is 4.86. The maximum Gasteiger partial charge on any atom is 0.129 e. The van der Waals surface area contributed by atoms with E-state index >= 15 is 0 Å². The number of para-hydroxylation sites is 1. The molecule has 3 heteroatoms. The third kappa shape index (κ3) is 3.03. The number of thioether (sulfide) groups is 1. The molecule has 19 heavy (non-hydrogen) atoms. The number of nitrogens with zero attached hydrogens (tertiary/aromatic N) is 1. The number of pyridine rings is 1. The minimum absolute atomic E-state index is 0.814. The van der Waals surface area contributed by atoms with Gasteiger partial charge in [0.2, 0.25) is 0 Å². The summed E-state index contributed by atoms with van der Waals surface area (Å²) in [5, 5.41) is 4.78. The van der Waals surface area contributed by atoms with E-state index in [2.05, 4.69) is 48.3 Å². The van der Waals surface area contributed by atoms with Crippen molar-refractivity contribution in [3.05, 3.63) is 35.9 Å². The minimum Gasteiger partial charge on any atom is -0.370 e. The zero-order valence-electron chi connectivity index (χ0n) is 11.4. The summed E-state index contributed by atoms with van der Waals surface area (Å²) in [6.45, 7) is 3.20. The molecule has 0 spiro atoms. The number of nitrogens with one attached hydrogen (secondary N) is 1. The van der Waals surface area contributed by atoms with Gasteiger partial charge in [0, 0.05) is 11.9 Å². The topological polar surface area (TPSA) is 24.9 Å². The highest BCUT2D eigenvalue weighted by Gasteiger charge is 2.14. The van der Waals surface area contributed by atoms with Crippen LogP contribution in [0.4, 0.5) is 5.82 Å². The number of aromatic nitrogens is 1. The second-order valence-corrected chi connectivity index (χ2v) is 6.51. The molecule has 1 aromatic heterocycles. The van der Waals surface area contributed by atoms with Gasteiger partial charge >= 0.3 is 0 Å². The molecule has 2 aromatic rings. The number of benzene rings is 1. The van der Waals surface area contributed by atoms with E-state index in [9.17, 15) is 0 Å². The predicted octanol–water partition coefficient (Wildman–Crippen LogP) is 4.10.